The van der Waals surface area contributed by atoms with Crippen molar-refractivity contribution >= 4 is 11.7 Å². The van der Waals surface area contributed by atoms with Gasteiger partial charge in [0.05, 0.1) is 4.92 Å². The summed E-state index contributed by atoms with van der Waals surface area (Å²) >= 11 is 0. The SMILES string of the molecule is O=C(OCc1cc([N+](=O)[O-])ccc1F)C(F)(F)F. The predicted molar refractivity (Wildman–Crippen MR) is 48.9 cm³/mol. The normalized spacial score (nSPS) is 11.1. The molecule has 9 heteroatoms. The van der Waals surface area contributed by atoms with E-state index in [1.165, 1.54) is 0 Å². The highest BCUT2D eigenvalue weighted by atomic mass is 19.4. The van der Waals surface area contributed by atoms with Crippen LogP contribution in [0.4, 0.5) is 23.2 Å². The number of benzene rings is 1. The highest BCUT2D eigenvalue weighted by Crippen LogP contribution is 2.20. The third-order valence-electron chi connectivity index (χ3n) is 1.83. The minimum atomic E-state index is -5.20. The van der Waals surface area contributed by atoms with E-state index in [1.54, 1.807) is 0 Å². The third-order valence-corrected chi connectivity index (χ3v) is 1.83. The van der Waals surface area contributed by atoms with Crippen LogP contribution in [0, 0.1) is 15.9 Å². The van der Waals surface area contributed by atoms with Crippen molar-refractivity contribution in [2.75, 3.05) is 0 Å². The predicted octanol–water partition coefficient (Wildman–Crippen LogP) is 2.34. The number of esters is 1. The number of hydrogen-bond acceptors (Lipinski definition) is 4. The fourth-order valence-corrected chi connectivity index (χ4v) is 1.01. The molecule has 0 unspecified atom stereocenters. The number of halogens is 4. The first kappa shape index (κ1) is 13.9. The molecule has 1 aromatic rings. The second-order valence-corrected chi connectivity index (χ2v) is 3.11. The molecule has 0 spiro atoms. The molecule has 0 N–H and O–H groups in total. The number of ether oxygens (including phenoxy) is 1. The Morgan fingerprint density at radius 2 is 2.00 bits per heavy atom. The smallest absolute Gasteiger partial charge is 0.454 e. The number of alkyl halides is 3. The van der Waals surface area contributed by atoms with Crippen LogP contribution in [-0.4, -0.2) is 17.1 Å². The number of non-ortho nitro benzene ring substituents is 1. The molecule has 0 fully saturated rings. The first-order valence-corrected chi connectivity index (χ1v) is 4.38. The van der Waals surface area contributed by atoms with E-state index in [-0.39, 0.29) is 0 Å². The van der Waals surface area contributed by atoms with Crippen molar-refractivity contribution in [1.29, 1.82) is 0 Å². The molecule has 18 heavy (non-hydrogen) atoms. The number of nitrogens with zero attached hydrogens (tertiary/aromatic N) is 1. The molecule has 0 aliphatic rings. The molecule has 0 bridgehead atoms. The number of rotatable bonds is 3. The second kappa shape index (κ2) is 4.98. The van der Waals surface area contributed by atoms with Gasteiger partial charge in [-0.25, -0.2) is 9.18 Å². The van der Waals surface area contributed by atoms with Gasteiger partial charge in [-0.05, 0) is 6.07 Å². The summed E-state index contributed by atoms with van der Waals surface area (Å²) in [6.45, 7) is -1.04. The molecule has 0 saturated heterocycles. The molecule has 1 rings (SSSR count). The molecule has 0 aliphatic heterocycles. The van der Waals surface area contributed by atoms with Crippen LogP contribution >= 0.6 is 0 Å². The second-order valence-electron chi connectivity index (χ2n) is 3.11. The maximum Gasteiger partial charge on any atom is 0.490 e. The first-order valence-electron chi connectivity index (χ1n) is 4.38. The standard InChI is InChI=1S/C9H5F4NO4/c10-7-2-1-6(14(16)17)3-5(7)4-18-8(15)9(11,12)13/h1-3H,4H2. The van der Waals surface area contributed by atoms with Gasteiger partial charge in [0.2, 0.25) is 0 Å². The van der Waals surface area contributed by atoms with Crippen molar-refractivity contribution in [2.45, 2.75) is 12.8 Å². The number of hydrogen-bond donors (Lipinski definition) is 0. The van der Waals surface area contributed by atoms with Crippen LogP contribution in [0.1, 0.15) is 5.56 Å². The van der Waals surface area contributed by atoms with E-state index in [4.69, 9.17) is 0 Å². The largest absolute Gasteiger partial charge is 0.490 e. The maximum atomic E-state index is 13.1. The molecule has 0 aliphatic carbocycles. The molecular formula is C9H5F4NO4. The van der Waals surface area contributed by atoms with Gasteiger partial charge in [0.15, 0.2) is 0 Å². The van der Waals surface area contributed by atoms with Crippen molar-refractivity contribution in [3.05, 3.63) is 39.7 Å². The van der Waals surface area contributed by atoms with Crippen LogP contribution in [0.2, 0.25) is 0 Å². The number of carbonyl (C=O) groups excluding carboxylic acids is 1. The average Bonchev–Trinajstić information content (AvgIpc) is 2.25. The zero-order valence-corrected chi connectivity index (χ0v) is 8.53. The van der Waals surface area contributed by atoms with Gasteiger partial charge in [-0.1, -0.05) is 0 Å². The van der Waals surface area contributed by atoms with Crippen LogP contribution in [0.15, 0.2) is 18.2 Å². The molecule has 98 valence electrons. The Balaban J connectivity index is 2.82. The summed E-state index contributed by atoms with van der Waals surface area (Å²) in [5.74, 6) is -3.50. The summed E-state index contributed by atoms with van der Waals surface area (Å²) < 4.78 is 52.2. The topological polar surface area (TPSA) is 69.4 Å². The summed E-state index contributed by atoms with van der Waals surface area (Å²) in [4.78, 5) is 19.9. The lowest BCUT2D eigenvalue weighted by Crippen LogP contribution is -2.25. The van der Waals surface area contributed by atoms with Gasteiger partial charge in [-0.15, -0.1) is 0 Å². The molecule has 0 aromatic heterocycles. The zero-order valence-electron chi connectivity index (χ0n) is 8.53. The number of carbonyl (C=O) groups is 1. The van der Waals surface area contributed by atoms with Crippen molar-refractivity contribution in [3.63, 3.8) is 0 Å². The van der Waals surface area contributed by atoms with Crippen LogP contribution < -0.4 is 0 Å². The monoisotopic (exact) mass is 267 g/mol. The molecule has 5 nitrogen and oxygen atoms in total. The van der Waals surface area contributed by atoms with E-state index in [2.05, 4.69) is 4.74 Å². The number of nitro groups is 1. The minimum absolute atomic E-state index is 0.512. The lowest BCUT2D eigenvalue weighted by molar-refractivity contribution is -0.385. The van der Waals surface area contributed by atoms with Crippen molar-refractivity contribution in [3.8, 4) is 0 Å². The Labute approximate surface area is 97.1 Å². The Morgan fingerprint density at radius 3 is 2.50 bits per heavy atom. The molecule has 0 atom stereocenters. The molecule has 0 amide bonds. The fraction of sp³-hybridized carbons (Fsp3) is 0.222. The maximum absolute atomic E-state index is 13.1. The lowest BCUT2D eigenvalue weighted by Gasteiger charge is -2.07. The van der Waals surface area contributed by atoms with Crippen molar-refractivity contribution in [1.82, 2.24) is 0 Å². The van der Waals surface area contributed by atoms with Crippen LogP contribution in [0.3, 0.4) is 0 Å². The van der Waals surface area contributed by atoms with E-state index >= 15 is 0 Å². The van der Waals surface area contributed by atoms with Gasteiger partial charge in [0, 0.05) is 17.7 Å². The lowest BCUT2D eigenvalue weighted by atomic mass is 10.2. The van der Waals surface area contributed by atoms with Gasteiger partial charge in [-0.2, -0.15) is 13.2 Å². The van der Waals surface area contributed by atoms with Crippen molar-refractivity contribution in [2.24, 2.45) is 0 Å². The molecule has 0 radical (unpaired) electrons. The van der Waals surface area contributed by atoms with Crippen molar-refractivity contribution < 1.29 is 32.0 Å². The molecular weight excluding hydrogens is 262 g/mol. The Kier molecular flexibility index (Phi) is 3.84. The van der Waals surface area contributed by atoms with E-state index in [0.717, 1.165) is 6.07 Å². The zero-order chi connectivity index (χ0) is 13.9. The van der Waals surface area contributed by atoms with Gasteiger partial charge < -0.3 is 4.74 Å². The van der Waals surface area contributed by atoms with Gasteiger partial charge in [-0.3, -0.25) is 10.1 Å². The fourth-order valence-electron chi connectivity index (χ4n) is 1.01. The summed E-state index contributed by atoms with van der Waals surface area (Å²) in [6.07, 6.45) is -5.20. The average molecular weight is 267 g/mol. The Bertz CT molecular complexity index is 486. The van der Waals surface area contributed by atoms with E-state index in [0.29, 0.717) is 12.1 Å². The quantitative estimate of drug-likeness (QED) is 0.365. The van der Waals surface area contributed by atoms with Crippen LogP contribution in [0.5, 0.6) is 0 Å². The number of nitro benzene ring substituents is 1. The van der Waals surface area contributed by atoms with E-state index < -0.39 is 40.7 Å². The molecule has 1 aromatic carbocycles. The molecule has 0 heterocycles. The van der Waals surface area contributed by atoms with Gasteiger partial charge in [0.1, 0.15) is 12.4 Å². The Hall–Kier alpha value is -2.19. The van der Waals surface area contributed by atoms with Crippen LogP contribution in [0.25, 0.3) is 0 Å². The summed E-state index contributed by atoms with van der Waals surface area (Å²) in [5, 5.41) is 10.4. The summed E-state index contributed by atoms with van der Waals surface area (Å²) in [6, 6.07) is 2.23. The molecule has 0 saturated carbocycles. The third kappa shape index (κ3) is 3.40. The Morgan fingerprint density at radius 1 is 1.39 bits per heavy atom. The highest BCUT2D eigenvalue weighted by molar-refractivity contribution is 5.75. The highest BCUT2D eigenvalue weighted by Gasteiger charge is 2.41. The van der Waals surface area contributed by atoms with E-state index in [9.17, 15) is 32.5 Å². The van der Waals surface area contributed by atoms with E-state index in [1.807, 2.05) is 0 Å². The van der Waals surface area contributed by atoms with Gasteiger partial charge in [0.25, 0.3) is 5.69 Å². The summed E-state index contributed by atoms with van der Waals surface area (Å²) in [5.41, 5.74) is -1.03. The minimum Gasteiger partial charge on any atom is -0.454 e. The van der Waals surface area contributed by atoms with Gasteiger partial charge >= 0.3 is 12.1 Å². The first-order chi connectivity index (χ1) is 8.21. The van der Waals surface area contributed by atoms with Crippen LogP contribution in [-0.2, 0) is 16.1 Å². The summed E-state index contributed by atoms with van der Waals surface area (Å²) in [7, 11) is 0.